The Morgan fingerprint density at radius 1 is 1.04 bits per heavy atom. The van der Waals surface area contributed by atoms with Gasteiger partial charge in [0.1, 0.15) is 9.79 Å². The molecule has 0 aliphatic carbocycles. The lowest BCUT2D eigenvalue weighted by Crippen LogP contribution is -2.41. The quantitative estimate of drug-likeness (QED) is 0.619. The Morgan fingerprint density at radius 3 is 2.44 bits per heavy atom. The number of hydrogen-bond acceptors (Lipinski definition) is 6. The SMILES string of the molecule is Cc1cnc2c(S(=O)(=O)NNS(=O)(=O)c3cnn(C)c3)cccc2c1. The van der Waals surface area contributed by atoms with Crippen LogP contribution in [0.3, 0.4) is 0 Å². The van der Waals surface area contributed by atoms with Crippen LogP contribution in [0, 0.1) is 6.92 Å². The first-order valence-electron chi connectivity index (χ1n) is 7.07. The molecule has 0 amide bonds. The van der Waals surface area contributed by atoms with Gasteiger partial charge in [0, 0.05) is 24.8 Å². The lowest BCUT2D eigenvalue weighted by atomic mass is 10.2. The first-order chi connectivity index (χ1) is 11.7. The number of rotatable bonds is 5. The Labute approximate surface area is 144 Å². The van der Waals surface area contributed by atoms with Crippen molar-refractivity contribution in [1.82, 2.24) is 24.4 Å². The first kappa shape index (κ1) is 17.5. The second kappa shape index (κ2) is 6.19. The lowest BCUT2D eigenvalue weighted by molar-refractivity contribution is 0.558. The van der Waals surface area contributed by atoms with Crippen molar-refractivity contribution in [2.45, 2.75) is 16.7 Å². The molecule has 9 nitrogen and oxygen atoms in total. The molecule has 1 aromatic carbocycles. The van der Waals surface area contributed by atoms with Crippen LogP contribution in [-0.4, -0.2) is 31.6 Å². The number of nitrogens with one attached hydrogen (secondary N) is 2. The largest absolute Gasteiger partial charge is 0.274 e. The Kier molecular flexibility index (Phi) is 4.33. The lowest BCUT2D eigenvalue weighted by Gasteiger charge is -2.10. The fourth-order valence-electron chi connectivity index (χ4n) is 2.22. The van der Waals surface area contributed by atoms with Crippen LogP contribution in [0.1, 0.15) is 5.56 Å². The Bertz CT molecular complexity index is 1150. The van der Waals surface area contributed by atoms with E-state index >= 15 is 0 Å². The number of nitrogens with zero attached hydrogens (tertiary/aromatic N) is 3. The van der Waals surface area contributed by atoms with Crippen molar-refractivity contribution in [3.63, 3.8) is 0 Å². The average molecular weight is 381 g/mol. The molecule has 0 saturated heterocycles. The molecule has 0 unspecified atom stereocenters. The van der Waals surface area contributed by atoms with E-state index in [1.807, 2.05) is 16.6 Å². The number of benzene rings is 1. The van der Waals surface area contributed by atoms with E-state index < -0.39 is 20.0 Å². The van der Waals surface area contributed by atoms with Crippen molar-refractivity contribution >= 4 is 30.9 Å². The zero-order valence-corrected chi connectivity index (χ0v) is 15.0. The molecule has 25 heavy (non-hydrogen) atoms. The van der Waals surface area contributed by atoms with E-state index in [0.717, 1.165) is 11.8 Å². The minimum atomic E-state index is -4.16. The number of aromatic nitrogens is 3. The summed E-state index contributed by atoms with van der Waals surface area (Å²) in [6, 6.07) is 6.44. The van der Waals surface area contributed by atoms with Crippen LogP contribution in [0.5, 0.6) is 0 Å². The molecule has 0 spiro atoms. The Hall–Kier alpha value is -2.34. The van der Waals surface area contributed by atoms with Crippen LogP contribution in [0.2, 0.25) is 0 Å². The molecular weight excluding hydrogens is 366 g/mol. The standard InChI is InChI=1S/C14H15N5O4S2/c1-10-6-11-4-3-5-13(14(11)15-7-10)25(22,23)18-17-24(20,21)12-8-16-19(2)9-12/h3-9,17-18H,1-2H3. The molecule has 0 aliphatic heterocycles. The van der Waals surface area contributed by atoms with Crippen molar-refractivity contribution < 1.29 is 16.8 Å². The molecule has 11 heteroatoms. The molecular formula is C14H15N5O4S2. The third-order valence-corrected chi connectivity index (χ3v) is 6.01. The van der Waals surface area contributed by atoms with E-state index in [0.29, 0.717) is 5.39 Å². The third-order valence-electron chi connectivity index (χ3n) is 3.40. The van der Waals surface area contributed by atoms with Gasteiger partial charge in [-0.05, 0) is 24.6 Å². The first-order valence-corrected chi connectivity index (χ1v) is 10.0. The predicted octanol–water partition coefficient (Wildman–Crippen LogP) is 0.449. The second-order valence-electron chi connectivity index (χ2n) is 5.40. The van der Waals surface area contributed by atoms with Crippen LogP contribution in [0.15, 0.2) is 52.6 Å². The summed E-state index contributed by atoms with van der Waals surface area (Å²) in [5, 5.41) is 4.38. The van der Waals surface area contributed by atoms with Crippen LogP contribution >= 0.6 is 0 Å². The molecule has 2 N–H and O–H groups in total. The predicted molar refractivity (Wildman–Crippen MR) is 90.3 cm³/mol. The second-order valence-corrected chi connectivity index (χ2v) is 8.73. The zero-order chi connectivity index (χ0) is 18.2. The summed E-state index contributed by atoms with van der Waals surface area (Å²) in [7, 11) is -6.70. The summed E-state index contributed by atoms with van der Waals surface area (Å²) in [5.74, 6) is 0. The van der Waals surface area contributed by atoms with Crippen molar-refractivity contribution in [2.24, 2.45) is 7.05 Å². The van der Waals surface area contributed by atoms with E-state index in [1.165, 1.54) is 16.9 Å². The van der Waals surface area contributed by atoms with E-state index in [1.54, 1.807) is 31.4 Å². The normalized spacial score (nSPS) is 12.6. The van der Waals surface area contributed by atoms with Crippen molar-refractivity contribution in [1.29, 1.82) is 0 Å². The monoisotopic (exact) mass is 381 g/mol. The molecule has 132 valence electrons. The fourth-order valence-corrected chi connectivity index (χ4v) is 4.49. The topological polar surface area (TPSA) is 123 Å². The molecule has 3 aromatic rings. The Morgan fingerprint density at radius 2 is 1.76 bits per heavy atom. The molecule has 0 aliphatic rings. The summed E-state index contributed by atoms with van der Waals surface area (Å²) in [5.41, 5.74) is 1.13. The molecule has 0 fully saturated rings. The van der Waals surface area contributed by atoms with Gasteiger partial charge >= 0.3 is 0 Å². The number of fused-ring (bicyclic) bond motifs is 1. The van der Waals surface area contributed by atoms with Gasteiger partial charge in [-0.3, -0.25) is 9.67 Å². The zero-order valence-electron chi connectivity index (χ0n) is 13.3. The number of pyridine rings is 1. The summed E-state index contributed by atoms with van der Waals surface area (Å²) < 4.78 is 50.6. The molecule has 2 aromatic heterocycles. The molecule has 0 bridgehead atoms. The highest BCUT2D eigenvalue weighted by atomic mass is 32.2. The Balaban J connectivity index is 1.93. The molecule has 0 saturated carbocycles. The highest BCUT2D eigenvalue weighted by Gasteiger charge is 2.23. The number of hydrogen-bond donors (Lipinski definition) is 2. The summed E-state index contributed by atoms with van der Waals surface area (Å²) in [6.45, 7) is 1.84. The smallest absolute Gasteiger partial charge is 0.257 e. The van der Waals surface area contributed by atoms with Crippen molar-refractivity contribution in [3.8, 4) is 0 Å². The minimum Gasteiger partial charge on any atom is -0.274 e. The van der Waals surface area contributed by atoms with Gasteiger partial charge in [-0.2, -0.15) is 5.10 Å². The maximum absolute atomic E-state index is 12.5. The highest BCUT2D eigenvalue weighted by Crippen LogP contribution is 2.21. The van der Waals surface area contributed by atoms with Crippen LogP contribution in [0.25, 0.3) is 10.9 Å². The summed E-state index contributed by atoms with van der Waals surface area (Å²) in [6.07, 6.45) is 3.90. The fraction of sp³-hybridized carbons (Fsp3) is 0.143. The summed E-state index contributed by atoms with van der Waals surface area (Å²) >= 11 is 0. The van der Waals surface area contributed by atoms with E-state index in [-0.39, 0.29) is 15.3 Å². The van der Waals surface area contributed by atoms with Gasteiger partial charge in [0.25, 0.3) is 20.0 Å². The molecule has 2 heterocycles. The highest BCUT2D eigenvalue weighted by molar-refractivity contribution is 7.92. The number of aryl methyl sites for hydroxylation is 2. The maximum atomic E-state index is 12.5. The molecule has 3 rings (SSSR count). The van der Waals surface area contributed by atoms with Crippen molar-refractivity contribution in [2.75, 3.05) is 0 Å². The molecule has 0 radical (unpaired) electrons. The van der Waals surface area contributed by atoms with Gasteiger partial charge in [0.15, 0.2) is 0 Å². The summed E-state index contributed by atoms with van der Waals surface area (Å²) in [4.78, 5) is 7.60. The maximum Gasteiger partial charge on any atom is 0.257 e. The van der Waals surface area contributed by atoms with Crippen LogP contribution < -0.4 is 9.66 Å². The van der Waals surface area contributed by atoms with E-state index in [4.69, 9.17) is 0 Å². The van der Waals surface area contributed by atoms with Gasteiger partial charge in [0.2, 0.25) is 0 Å². The number of para-hydroxylation sites is 1. The average Bonchev–Trinajstić information content (AvgIpc) is 3.00. The molecule has 0 atom stereocenters. The van der Waals surface area contributed by atoms with Crippen LogP contribution in [0.4, 0.5) is 0 Å². The van der Waals surface area contributed by atoms with Gasteiger partial charge in [-0.15, -0.1) is 9.66 Å². The minimum absolute atomic E-state index is 0.126. The van der Waals surface area contributed by atoms with Crippen LogP contribution in [-0.2, 0) is 27.1 Å². The van der Waals surface area contributed by atoms with Gasteiger partial charge < -0.3 is 0 Å². The van der Waals surface area contributed by atoms with Crippen molar-refractivity contribution in [3.05, 3.63) is 48.4 Å². The number of sulfonamides is 2. The number of hydrazine groups is 1. The van der Waals surface area contributed by atoms with Gasteiger partial charge in [0.05, 0.1) is 11.7 Å². The van der Waals surface area contributed by atoms with Gasteiger partial charge in [-0.25, -0.2) is 16.8 Å². The van der Waals surface area contributed by atoms with E-state index in [2.05, 4.69) is 10.1 Å². The van der Waals surface area contributed by atoms with Gasteiger partial charge in [-0.1, -0.05) is 12.1 Å². The van der Waals surface area contributed by atoms with E-state index in [9.17, 15) is 16.8 Å². The third kappa shape index (κ3) is 3.54.